The van der Waals surface area contributed by atoms with E-state index in [1.54, 1.807) is 31.4 Å². The number of nitrogens with one attached hydrogen (secondary N) is 1. The Morgan fingerprint density at radius 1 is 1.42 bits per heavy atom. The molecule has 2 rings (SSSR count). The molecular formula is C13H12BrN3O2. The molecule has 2 aromatic rings. The topological polar surface area (TPSA) is 77.2 Å². The van der Waals surface area contributed by atoms with Gasteiger partial charge < -0.3 is 15.8 Å². The van der Waals surface area contributed by atoms with Crippen molar-refractivity contribution in [3.63, 3.8) is 0 Å². The van der Waals surface area contributed by atoms with Gasteiger partial charge in [0.05, 0.1) is 24.6 Å². The third-order valence-electron chi connectivity index (χ3n) is 2.46. The highest BCUT2D eigenvalue weighted by Gasteiger charge is 2.10. The molecule has 0 bridgehead atoms. The van der Waals surface area contributed by atoms with E-state index in [1.807, 2.05) is 0 Å². The number of nitrogen functional groups attached to an aromatic ring is 1. The largest absolute Gasteiger partial charge is 0.497 e. The molecule has 0 atom stereocenters. The van der Waals surface area contributed by atoms with Gasteiger partial charge in [-0.1, -0.05) is 15.9 Å². The number of methoxy groups -OCH3 is 1. The summed E-state index contributed by atoms with van der Waals surface area (Å²) in [7, 11) is 1.56. The van der Waals surface area contributed by atoms with Crippen LogP contribution in [-0.2, 0) is 0 Å². The molecule has 1 amide bonds. The minimum atomic E-state index is -0.292. The van der Waals surface area contributed by atoms with Crippen LogP contribution in [0.15, 0.2) is 41.1 Å². The molecule has 0 spiro atoms. The maximum atomic E-state index is 12.1. The Bertz CT molecular complexity index is 617. The molecule has 3 N–H and O–H groups in total. The van der Waals surface area contributed by atoms with E-state index >= 15 is 0 Å². The first-order chi connectivity index (χ1) is 9.10. The van der Waals surface area contributed by atoms with E-state index < -0.39 is 0 Å². The second kappa shape index (κ2) is 5.71. The molecule has 1 aromatic carbocycles. The Morgan fingerprint density at radius 3 is 2.89 bits per heavy atom. The van der Waals surface area contributed by atoms with Gasteiger partial charge in [0, 0.05) is 22.4 Å². The lowest BCUT2D eigenvalue weighted by molar-refractivity contribution is 0.102. The average molecular weight is 322 g/mol. The lowest BCUT2D eigenvalue weighted by Crippen LogP contribution is -2.14. The molecule has 0 unspecified atom stereocenters. The quantitative estimate of drug-likeness (QED) is 0.911. The molecule has 6 heteroatoms. The number of aromatic nitrogens is 1. The normalized spacial score (nSPS) is 10.0. The molecule has 1 aromatic heterocycles. The van der Waals surface area contributed by atoms with E-state index in [9.17, 15) is 4.79 Å². The number of hydrogen-bond acceptors (Lipinski definition) is 4. The van der Waals surface area contributed by atoms with Crippen LogP contribution in [0.1, 0.15) is 10.4 Å². The Hall–Kier alpha value is -2.08. The molecule has 98 valence electrons. The van der Waals surface area contributed by atoms with Crippen LogP contribution in [0.5, 0.6) is 5.75 Å². The van der Waals surface area contributed by atoms with Crippen LogP contribution in [-0.4, -0.2) is 18.0 Å². The number of pyridine rings is 1. The van der Waals surface area contributed by atoms with Gasteiger partial charge in [-0.3, -0.25) is 9.78 Å². The van der Waals surface area contributed by atoms with Gasteiger partial charge in [0.2, 0.25) is 0 Å². The molecule has 5 nitrogen and oxygen atoms in total. The number of nitrogens with two attached hydrogens (primary N) is 1. The van der Waals surface area contributed by atoms with Gasteiger partial charge in [-0.25, -0.2) is 0 Å². The number of benzene rings is 1. The summed E-state index contributed by atoms with van der Waals surface area (Å²) in [5.74, 6) is 0.354. The second-order valence-electron chi connectivity index (χ2n) is 3.80. The Labute approximate surface area is 118 Å². The number of carbonyl (C=O) groups is 1. The summed E-state index contributed by atoms with van der Waals surface area (Å²) in [6, 6.07) is 6.87. The van der Waals surface area contributed by atoms with Crippen molar-refractivity contribution in [1.82, 2.24) is 4.98 Å². The number of carbonyl (C=O) groups excluding carboxylic acids is 1. The van der Waals surface area contributed by atoms with Crippen LogP contribution in [0.3, 0.4) is 0 Å². The molecule has 0 aliphatic carbocycles. The summed E-state index contributed by atoms with van der Waals surface area (Å²) in [6.07, 6.45) is 2.96. The number of amides is 1. The standard InChI is InChI=1S/C13H12BrN3O2/c1-19-10-5-8(14)4-9(6-10)17-13(18)11-2-3-16-7-12(11)15/h2-7H,15H2,1H3,(H,17,18). The fraction of sp³-hybridized carbons (Fsp3) is 0.0769. The van der Waals surface area contributed by atoms with Crippen LogP contribution in [0.4, 0.5) is 11.4 Å². The maximum Gasteiger partial charge on any atom is 0.257 e. The van der Waals surface area contributed by atoms with E-state index in [0.717, 1.165) is 4.47 Å². The van der Waals surface area contributed by atoms with Crippen LogP contribution in [0.2, 0.25) is 0 Å². The van der Waals surface area contributed by atoms with Crippen molar-refractivity contribution in [1.29, 1.82) is 0 Å². The van der Waals surface area contributed by atoms with Crippen LogP contribution in [0, 0.1) is 0 Å². The van der Waals surface area contributed by atoms with Crippen LogP contribution in [0.25, 0.3) is 0 Å². The first-order valence-electron chi connectivity index (χ1n) is 5.45. The molecule has 19 heavy (non-hydrogen) atoms. The fourth-order valence-electron chi connectivity index (χ4n) is 1.56. The SMILES string of the molecule is COc1cc(Br)cc(NC(=O)c2ccncc2N)c1. The molecule has 0 saturated heterocycles. The first kappa shape index (κ1) is 13.4. The zero-order valence-electron chi connectivity index (χ0n) is 10.2. The highest BCUT2D eigenvalue weighted by atomic mass is 79.9. The number of ether oxygens (including phenoxy) is 1. The van der Waals surface area contributed by atoms with Gasteiger partial charge in [-0.15, -0.1) is 0 Å². The number of rotatable bonds is 3. The Kier molecular flexibility index (Phi) is 4.01. The minimum absolute atomic E-state index is 0.292. The third kappa shape index (κ3) is 3.23. The van der Waals surface area contributed by atoms with Crippen molar-refractivity contribution in [3.8, 4) is 5.75 Å². The highest BCUT2D eigenvalue weighted by Crippen LogP contribution is 2.25. The molecule has 0 aliphatic rings. The molecule has 0 radical (unpaired) electrons. The van der Waals surface area contributed by atoms with Gasteiger partial charge in [-0.2, -0.15) is 0 Å². The molecule has 0 aliphatic heterocycles. The first-order valence-corrected chi connectivity index (χ1v) is 6.25. The van der Waals surface area contributed by atoms with Crippen LogP contribution < -0.4 is 15.8 Å². The summed E-state index contributed by atoms with van der Waals surface area (Å²) in [6.45, 7) is 0. The molecular weight excluding hydrogens is 310 g/mol. The van der Waals surface area contributed by atoms with Crippen molar-refractivity contribution in [2.24, 2.45) is 0 Å². The number of hydrogen-bond donors (Lipinski definition) is 2. The molecule has 0 saturated carbocycles. The summed E-state index contributed by atoms with van der Waals surface area (Å²) >= 11 is 3.35. The predicted molar refractivity (Wildman–Crippen MR) is 77.3 cm³/mol. The third-order valence-corrected chi connectivity index (χ3v) is 2.92. The van der Waals surface area contributed by atoms with Crippen molar-refractivity contribution < 1.29 is 9.53 Å². The zero-order valence-corrected chi connectivity index (χ0v) is 11.8. The lowest BCUT2D eigenvalue weighted by Gasteiger charge is -2.09. The molecule has 1 heterocycles. The number of nitrogens with zero attached hydrogens (tertiary/aromatic N) is 1. The molecule has 0 fully saturated rings. The zero-order chi connectivity index (χ0) is 13.8. The Balaban J connectivity index is 2.24. The highest BCUT2D eigenvalue weighted by molar-refractivity contribution is 9.10. The number of anilines is 2. The van der Waals surface area contributed by atoms with E-state index in [-0.39, 0.29) is 5.91 Å². The van der Waals surface area contributed by atoms with Gasteiger partial charge in [-0.05, 0) is 18.2 Å². The van der Waals surface area contributed by atoms with Crippen molar-refractivity contribution in [2.45, 2.75) is 0 Å². The van der Waals surface area contributed by atoms with Gasteiger partial charge >= 0.3 is 0 Å². The van der Waals surface area contributed by atoms with E-state index in [2.05, 4.69) is 26.2 Å². The van der Waals surface area contributed by atoms with Gasteiger partial charge in [0.1, 0.15) is 5.75 Å². The van der Waals surface area contributed by atoms with Gasteiger partial charge in [0.25, 0.3) is 5.91 Å². The summed E-state index contributed by atoms with van der Waals surface area (Å²) < 4.78 is 5.94. The summed E-state index contributed by atoms with van der Waals surface area (Å²) in [4.78, 5) is 15.9. The Morgan fingerprint density at radius 2 is 2.21 bits per heavy atom. The van der Waals surface area contributed by atoms with Crippen molar-refractivity contribution in [3.05, 3.63) is 46.7 Å². The summed E-state index contributed by atoms with van der Waals surface area (Å²) in [5, 5.41) is 2.76. The van der Waals surface area contributed by atoms with Gasteiger partial charge in [0.15, 0.2) is 0 Å². The summed E-state index contributed by atoms with van der Waals surface area (Å²) in [5.41, 5.74) is 7.04. The van der Waals surface area contributed by atoms with Crippen molar-refractivity contribution >= 4 is 33.2 Å². The predicted octanol–water partition coefficient (Wildman–Crippen LogP) is 2.69. The average Bonchev–Trinajstić information content (AvgIpc) is 2.38. The van der Waals surface area contributed by atoms with E-state index in [1.165, 1.54) is 12.4 Å². The number of halogens is 1. The lowest BCUT2D eigenvalue weighted by atomic mass is 10.2. The smallest absolute Gasteiger partial charge is 0.257 e. The second-order valence-corrected chi connectivity index (χ2v) is 4.71. The van der Waals surface area contributed by atoms with E-state index in [0.29, 0.717) is 22.7 Å². The van der Waals surface area contributed by atoms with Crippen LogP contribution >= 0.6 is 15.9 Å². The monoisotopic (exact) mass is 321 g/mol. The minimum Gasteiger partial charge on any atom is -0.497 e. The maximum absolute atomic E-state index is 12.1. The van der Waals surface area contributed by atoms with Crippen molar-refractivity contribution in [2.75, 3.05) is 18.2 Å². The van der Waals surface area contributed by atoms with E-state index in [4.69, 9.17) is 10.5 Å². The fourth-order valence-corrected chi connectivity index (χ4v) is 2.04.